The third-order valence-electron chi connectivity index (χ3n) is 7.22. The quantitative estimate of drug-likeness (QED) is 0.470. The van der Waals surface area contributed by atoms with E-state index < -0.39 is 17.5 Å². The fourth-order valence-corrected chi connectivity index (χ4v) is 5.33. The molecule has 41 heavy (non-hydrogen) atoms. The van der Waals surface area contributed by atoms with Crippen molar-refractivity contribution in [3.05, 3.63) is 94.0 Å². The first kappa shape index (κ1) is 28.5. The van der Waals surface area contributed by atoms with Crippen LogP contribution in [0.15, 0.2) is 60.7 Å². The van der Waals surface area contributed by atoms with Gasteiger partial charge in [0, 0.05) is 80.1 Å². The summed E-state index contributed by atoms with van der Waals surface area (Å²) in [5.41, 5.74) is 1.71. The number of hydrogen-bond acceptors (Lipinski definition) is 5. The largest absolute Gasteiger partial charge is 0.368 e. The molecule has 0 bridgehead atoms. The topological polar surface area (TPSA) is 85.0 Å². The Morgan fingerprint density at radius 1 is 0.732 bits per heavy atom. The smallest absolute Gasteiger partial charge is 0.255 e. The molecule has 2 N–H and O–H groups in total. The molecule has 0 aliphatic carbocycles. The summed E-state index contributed by atoms with van der Waals surface area (Å²) in [6.45, 7) is 4.52. The van der Waals surface area contributed by atoms with Gasteiger partial charge in [0.25, 0.3) is 17.7 Å². The minimum Gasteiger partial charge on any atom is -0.368 e. The molecule has 0 spiro atoms. The van der Waals surface area contributed by atoms with Crippen molar-refractivity contribution < 1.29 is 23.2 Å². The van der Waals surface area contributed by atoms with Gasteiger partial charge in [-0.2, -0.15) is 0 Å². The Hall–Kier alpha value is -4.02. The molecule has 11 heteroatoms. The fourth-order valence-electron chi connectivity index (χ4n) is 5.14. The molecule has 3 aromatic rings. The zero-order chi connectivity index (χ0) is 28.9. The average Bonchev–Trinajstić information content (AvgIpc) is 3.22. The SMILES string of the molecule is O=C(Nc1cc(C(=O)N2CCNCC2)ccc1N1CCCN(C(=O)c2cccc(Cl)c2)CC1)c1cc(F)cc(F)c1. The van der Waals surface area contributed by atoms with Crippen LogP contribution in [0, 0.1) is 11.6 Å². The zero-order valence-electron chi connectivity index (χ0n) is 22.3. The molecular formula is C30H30ClF2N5O3. The number of piperazine rings is 1. The van der Waals surface area contributed by atoms with Crippen molar-refractivity contribution >= 4 is 40.7 Å². The van der Waals surface area contributed by atoms with E-state index >= 15 is 0 Å². The number of rotatable bonds is 5. The van der Waals surface area contributed by atoms with E-state index in [4.69, 9.17) is 11.6 Å². The van der Waals surface area contributed by atoms with Crippen LogP contribution in [0.1, 0.15) is 37.5 Å². The van der Waals surface area contributed by atoms with Gasteiger partial charge in [0.2, 0.25) is 0 Å². The molecule has 2 fully saturated rings. The lowest BCUT2D eigenvalue weighted by Crippen LogP contribution is -2.46. The first-order valence-electron chi connectivity index (χ1n) is 13.5. The summed E-state index contributed by atoms with van der Waals surface area (Å²) in [5.74, 6) is -2.72. The molecule has 8 nitrogen and oxygen atoms in total. The number of halogens is 3. The van der Waals surface area contributed by atoms with Gasteiger partial charge in [0.05, 0.1) is 11.4 Å². The number of hydrogen-bond donors (Lipinski definition) is 2. The summed E-state index contributed by atoms with van der Waals surface area (Å²) in [6.07, 6.45) is 0.663. The van der Waals surface area contributed by atoms with Crippen LogP contribution in [0.4, 0.5) is 20.2 Å². The minimum absolute atomic E-state index is 0.118. The van der Waals surface area contributed by atoms with Crippen molar-refractivity contribution in [3.63, 3.8) is 0 Å². The number of carbonyl (C=O) groups is 3. The van der Waals surface area contributed by atoms with Crippen LogP contribution >= 0.6 is 11.6 Å². The van der Waals surface area contributed by atoms with Gasteiger partial charge >= 0.3 is 0 Å². The predicted octanol–water partition coefficient (Wildman–Crippen LogP) is 4.27. The van der Waals surface area contributed by atoms with Gasteiger partial charge in [-0.1, -0.05) is 17.7 Å². The van der Waals surface area contributed by atoms with Crippen LogP contribution in [0.5, 0.6) is 0 Å². The molecule has 3 aromatic carbocycles. The first-order chi connectivity index (χ1) is 19.8. The molecule has 2 heterocycles. The second-order valence-corrected chi connectivity index (χ2v) is 10.5. The van der Waals surface area contributed by atoms with Gasteiger partial charge in [-0.3, -0.25) is 14.4 Å². The van der Waals surface area contributed by atoms with Gasteiger partial charge in [-0.05, 0) is 55.0 Å². The number of carbonyl (C=O) groups excluding carboxylic acids is 3. The average molecular weight is 582 g/mol. The van der Waals surface area contributed by atoms with Gasteiger partial charge < -0.3 is 25.3 Å². The highest BCUT2D eigenvalue weighted by atomic mass is 35.5. The second-order valence-electron chi connectivity index (χ2n) is 10.0. The maximum Gasteiger partial charge on any atom is 0.255 e. The second kappa shape index (κ2) is 12.7. The molecule has 0 atom stereocenters. The molecule has 0 saturated carbocycles. The van der Waals surface area contributed by atoms with E-state index in [1.54, 1.807) is 52.3 Å². The highest BCUT2D eigenvalue weighted by molar-refractivity contribution is 6.31. The molecule has 0 radical (unpaired) electrons. The van der Waals surface area contributed by atoms with E-state index in [1.807, 2.05) is 4.90 Å². The Kier molecular flexibility index (Phi) is 8.80. The molecular weight excluding hydrogens is 552 g/mol. The standard InChI is InChI=1S/C30H30ClF2N5O3/c31-23-4-1-3-20(15-23)29(40)37-10-2-9-36(13-14-37)27-6-5-21(30(41)38-11-7-34-8-12-38)18-26(27)35-28(39)22-16-24(32)19-25(33)17-22/h1,3-6,15-19,34H,2,7-14H2,(H,35,39). The van der Waals surface area contributed by atoms with E-state index in [0.29, 0.717) is 92.4 Å². The van der Waals surface area contributed by atoms with Crippen molar-refractivity contribution in [2.45, 2.75) is 6.42 Å². The number of benzene rings is 3. The Balaban J connectivity index is 1.41. The Labute approximate surface area is 241 Å². The molecule has 2 aliphatic rings. The number of anilines is 2. The Morgan fingerprint density at radius 3 is 2.12 bits per heavy atom. The van der Waals surface area contributed by atoms with Crippen molar-refractivity contribution in [2.75, 3.05) is 62.6 Å². The lowest BCUT2D eigenvalue weighted by molar-refractivity contribution is 0.0734. The summed E-state index contributed by atoms with van der Waals surface area (Å²) in [6, 6.07) is 14.5. The van der Waals surface area contributed by atoms with Crippen molar-refractivity contribution in [3.8, 4) is 0 Å². The van der Waals surface area contributed by atoms with E-state index in [-0.39, 0.29) is 17.4 Å². The lowest BCUT2D eigenvalue weighted by Gasteiger charge is -2.29. The molecule has 214 valence electrons. The molecule has 0 aromatic heterocycles. The summed E-state index contributed by atoms with van der Waals surface area (Å²) in [5, 5.41) is 6.47. The Morgan fingerprint density at radius 2 is 1.41 bits per heavy atom. The monoisotopic (exact) mass is 581 g/mol. The maximum absolute atomic E-state index is 13.8. The van der Waals surface area contributed by atoms with Crippen LogP contribution in [0.3, 0.4) is 0 Å². The first-order valence-corrected chi connectivity index (χ1v) is 13.9. The van der Waals surface area contributed by atoms with Crippen LogP contribution in [0.25, 0.3) is 0 Å². The normalized spacial score (nSPS) is 15.8. The highest BCUT2D eigenvalue weighted by Crippen LogP contribution is 2.30. The third-order valence-corrected chi connectivity index (χ3v) is 7.45. The van der Waals surface area contributed by atoms with Crippen LogP contribution in [-0.2, 0) is 0 Å². The number of amides is 3. The van der Waals surface area contributed by atoms with E-state index in [2.05, 4.69) is 10.6 Å². The summed E-state index contributed by atoms with van der Waals surface area (Å²) in [4.78, 5) is 45.0. The fraction of sp³-hybridized carbons (Fsp3) is 0.300. The van der Waals surface area contributed by atoms with E-state index in [1.165, 1.54) is 0 Å². The third kappa shape index (κ3) is 6.83. The maximum atomic E-state index is 13.8. The predicted molar refractivity (Wildman–Crippen MR) is 154 cm³/mol. The summed E-state index contributed by atoms with van der Waals surface area (Å²) >= 11 is 6.08. The molecule has 2 saturated heterocycles. The highest BCUT2D eigenvalue weighted by Gasteiger charge is 2.25. The molecule has 0 unspecified atom stereocenters. The lowest BCUT2D eigenvalue weighted by atomic mass is 10.1. The number of nitrogens with one attached hydrogen (secondary N) is 2. The van der Waals surface area contributed by atoms with Gasteiger partial charge in [0.1, 0.15) is 11.6 Å². The molecule has 2 aliphatic heterocycles. The zero-order valence-corrected chi connectivity index (χ0v) is 23.1. The van der Waals surface area contributed by atoms with Gasteiger partial charge in [-0.25, -0.2) is 8.78 Å². The minimum atomic E-state index is -0.866. The summed E-state index contributed by atoms with van der Waals surface area (Å²) in [7, 11) is 0. The summed E-state index contributed by atoms with van der Waals surface area (Å²) < 4.78 is 27.7. The van der Waals surface area contributed by atoms with Crippen LogP contribution in [0.2, 0.25) is 5.02 Å². The van der Waals surface area contributed by atoms with Gasteiger partial charge in [-0.15, -0.1) is 0 Å². The van der Waals surface area contributed by atoms with Gasteiger partial charge in [0.15, 0.2) is 0 Å². The van der Waals surface area contributed by atoms with Crippen molar-refractivity contribution in [1.82, 2.24) is 15.1 Å². The van der Waals surface area contributed by atoms with Crippen molar-refractivity contribution in [2.24, 2.45) is 0 Å². The van der Waals surface area contributed by atoms with E-state index in [0.717, 1.165) is 12.1 Å². The van der Waals surface area contributed by atoms with Crippen LogP contribution < -0.4 is 15.5 Å². The molecule has 3 amide bonds. The van der Waals surface area contributed by atoms with E-state index in [9.17, 15) is 23.2 Å². The van der Waals surface area contributed by atoms with Crippen molar-refractivity contribution in [1.29, 1.82) is 0 Å². The number of nitrogens with zero attached hydrogens (tertiary/aromatic N) is 3. The van der Waals surface area contributed by atoms with Crippen LogP contribution in [-0.4, -0.2) is 79.9 Å². The Bertz CT molecular complexity index is 1440. The molecule has 5 rings (SSSR count).